The Kier molecular flexibility index (Phi) is 3.05. The molecule has 0 bridgehead atoms. The van der Waals surface area contributed by atoms with Gasteiger partial charge in [-0.05, 0) is 6.07 Å². The lowest BCUT2D eigenvalue weighted by molar-refractivity contribution is -0.174. The Morgan fingerprint density at radius 3 is 2.71 bits per heavy atom. The first-order valence-corrected chi connectivity index (χ1v) is 7.69. The van der Waals surface area contributed by atoms with Gasteiger partial charge in [0.25, 0.3) is 0 Å². The summed E-state index contributed by atoms with van der Waals surface area (Å²) in [5.74, 6) is -0.826. The summed E-state index contributed by atoms with van der Waals surface area (Å²) in [6.45, 7) is -0.608. The van der Waals surface area contributed by atoms with E-state index in [0.717, 1.165) is 11.4 Å². The van der Waals surface area contributed by atoms with Crippen LogP contribution in [0.5, 0.6) is 0 Å². The number of rotatable bonds is 3. The molecule has 8 heteroatoms. The van der Waals surface area contributed by atoms with Crippen molar-refractivity contribution in [1.29, 1.82) is 0 Å². The van der Waals surface area contributed by atoms with Crippen molar-refractivity contribution in [3.8, 4) is 0 Å². The van der Waals surface area contributed by atoms with Gasteiger partial charge in [0.1, 0.15) is 4.90 Å². The van der Waals surface area contributed by atoms with Crippen LogP contribution in [0, 0.1) is 0 Å². The minimum Gasteiger partial charge on any atom is -0.467 e. The molecule has 0 saturated carbocycles. The Labute approximate surface area is 121 Å². The predicted molar refractivity (Wildman–Crippen MR) is 74.0 cm³/mol. The monoisotopic (exact) mass is 310 g/mol. The molecule has 0 spiro atoms. The van der Waals surface area contributed by atoms with Crippen molar-refractivity contribution in [3.63, 3.8) is 0 Å². The van der Waals surface area contributed by atoms with Crippen molar-refractivity contribution >= 4 is 26.9 Å². The number of carbonyl (C=O) groups excluding carboxylic acids is 1. The molecule has 1 aliphatic heterocycles. The van der Waals surface area contributed by atoms with Crippen molar-refractivity contribution < 1.29 is 23.1 Å². The summed E-state index contributed by atoms with van der Waals surface area (Å²) in [5, 5.41) is 10.5. The topological polar surface area (TPSA) is 99.7 Å². The van der Waals surface area contributed by atoms with E-state index in [2.05, 4.69) is 9.72 Å². The molecular formula is C13H14N2O5S. The van der Waals surface area contributed by atoms with Gasteiger partial charge in [-0.15, -0.1) is 0 Å². The molecule has 0 atom stereocenters. The van der Waals surface area contributed by atoms with Crippen molar-refractivity contribution in [1.82, 2.24) is 9.29 Å². The van der Waals surface area contributed by atoms with E-state index in [1.54, 1.807) is 24.3 Å². The van der Waals surface area contributed by atoms with Crippen LogP contribution in [0.2, 0.25) is 0 Å². The summed E-state index contributed by atoms with van der Waals surface area (Å²) in [6, 6.07) is 7.02. The van der Waals surface area contributed by atoms with Gasteiger partial charge in [0.05, 0.1) is 20.2 Å². The molecule has 7 nitrogen and oxygen atoms in total. The van der Waals surface area contributed by atoms with E-state index in [1.807, 2.05) is 0 Å². The van der Waals surface area contributed by atoms with Crippen molar-refractivity contribution in [2.24, 2.45) is 0 Å². The van der Waals surface area contributed by atoms with Crippen LogP contribution in [0.1, 0.15) is 0 Å². The number of nitrogens with zero attached hydrogens (tertiary/aromatic N) is 1. The van der Waals surface area contributed by atoms with Gasteiger partial charge < -0.3 is 14.8 Å². The minimum absolute atomic E-state index is 0.130. The zero-order chi connectivity index (χ0) is 15.3. The normalized spacial score (nSPS) is 18.4. The van der Waals surface area contributed by atoms with E-state index < -0.39 is 21.6 Å². The molecule has 1 aromatic heterocycles. The van der Waals surface area contributed by atoms with Crippen molar-refractivity contribution in [2.45, 2.75) is 10.5 Å². The maximum Gasteiger partial charge on any atom is 0.340 e. The molecule has 1 fully saturated rings. The lowest BCUT2D eigenvalue weighted by Gasteiger charge is -2.42. The van der Waals surface area contributed by atoms with Crippen LogP contribution in [0.15, 0.2) is 35.4 Å². The number of methoxy groups -OCH3 is 1. The van der Waals surface area contributed by atoms with E-state index in [4.69, 9.17) is 0 Å². The quantitative estimate of drug-likeness (QED) is 0.782. The van der Waals surface area contributed by atoms with Gasteiger partial charge in [0, 0.05) is 17.1 Å². The van der Waals surface area contributed by atoms with Gasteiger partial charge in [-0.3, -0.25) is 0 Å². The number of nitrogens with one attached hydrogen (secondary N) is 1. The highest BCUT2D eigenvalue weighted by molar-refractivity contribution is 7.89. The van der Waals surface area contributed by atoms with Gasteiger partial charge in [0.2, 0.25) is 10.0 Å². The van der Waals surface area contributed by atoms with E-state index in [1.165, 1.54) is 6.20 Å². The van der Waals surface area contributed by atoms with Crippen LogP contribution >= 0.6 is 0 Å². The Bertz CT molecular complexity index is 805. The smallest absolute Gasteiger partial charge is 0.340 e. The van der Waals surface area contributed by atoms with E-state index in [0.29, 0.717) is 10.9 Å². The Morgan fingerprint density at radius 2 is 2.05 bits per heavy atom. The molecule has 0 aliphatic carbocycles. The third-order valence-electron chi connectivity index (χ3n) is 3.61. The molecule has 1 saturated heterocycles. The third kappa shape index (κ3) is 2.03. The number of carbonyl (C=O) groups is 1. The highest BCUT2D eigenvalue weighted by Crippen LogP contribution is 2.32. The molecule has 112 valence electrons. The first kappa shape index (κ1) is 14.1. The van der Waals surface area contributed by atoms with Crippen molar-refractivity contribution in [2.75, 3.05) is 20.2 Å². The van der Waals surface area contributed by atoms with Crippen LogP contribution in [-0.2, 0) is 19.6 Å². The van der Waals surface area contributed by atoms with E-state index in [-0.39, 0.29) is 18.0 Å². The maximum atomic E-state index is 12.5. The number of aromatic nitrogens is 1. The number of aromatic amines is 1. The molecule has 0 amide bonds. The zero-order valence-corrected chi connectivity index (χ0v) is 12.1. The van der Waals surface area contributed by atoms with Crippen LogP contribution in [-0.4, -0.2) is 54.6 Å². The summed E-state index contributed by atoms with van der Waals surface area (Å²) in [5.41, 5.74) is -1.05. The fourth-order valence-corrected chi connectivity index (χ4v) is 4.13. The Morgan fingerprint density at radius 1 is 1.38 bits per heavy atom. The van der Waals surface area contributed by atoms with Gasteiger partial charge in [-0.1, -0.05) is 18.2 Å². The number of aliphatic hydroxyl groups is 1. The highest BCUT2D eigenvalue weighted by atomic mass is 32.2. The average molecular weight is 310 g/mol. The number of benzene rings is 1. The third-order valence-corrected chi connectivity index (χ3v) is 5.44. The lowest BCUT2D eigenvalue weighted by Crippen LogP contribution is -2.67. The predicted octanol–water partition coefficient (Wildman–Crippen LogP) is 0.0763. The number of hydrogen-bond acceptors (Lipinski definition) is 5. The van der Waals surface area contributed by atoms with Gasteiger partial charge in [-0.25, -0.2) is 13.2 Å². The van der Waals surface area contributed by atoms with E-state index in [9.17, 15) is 18.3 Å². The van der Waals surface area contributed by atoms with Crippen LogP contribution < -0.4 is 0 Å². The molecule has 1 aromatic carbocycles. The summed E-state index contributed by atoms with van der Waals surface area (Å²) in [6.07, 6.45) is 1.41. The standard InChI is InChI=1S/C13H14N2O5S/c1-20-12(16)13(17)7-15(8-13)21(18,19)11-6-14-10-5-3-2-4-9(10)11/h2-6,14,17H,7-8H2,1H3. The molecule has 0 radical (unpaired) electrons. The largest absolute Gasteiger partial charge is 0.467 e. The Hall–Kier alpha value is -1.90. The van der Waals surface area contributed by atoms with Gasteiger partial charge in [-0.2, -0.15) is 4.31 Å². The number of ether oxygens (including phenoxy) is 1. The van der Waals surface area contributed by atoms with Gasteiger partial charge >= 0.3 is 5.97 Å². The molecule has 3 rings (SSSR count). The second kappa shape index (κ2) is 4.55. The minimum atomic E-state index is -3.76. The summed E-state index contributed by atoms with van der Waals surface area (Å²) in [7, 11) is -2.61. The second-order valence-corrected chi connectivity index (χ2v) is 6.90. The van der Waals surface area contributed by atoms with Crippen molar-refractivity contribution in [3.05, 3.63) is 30.5 Å². The molecule has 2 N–H and O–H groups in total. The number of β-amino-alcohol motifs (C(OH)–C–C–N with tert-alkyl or cyclic N) is 1. The number of para-hydroxylation sites is 1. The number of hydrogen-bond donors (Lipinski definition) is 2. The molecule has 0 unspecified atom stereocenters. The summed E-state index contributed by atoms with van der Waals surface area (Å²) in [4.78, 5) is 14.4. The van der Waals surface area contributed by atoms with Crippen LogP contribution in [0.4, 0.5) is 0 Å². The molecule has 2 heterocycles. The van der Waals surface area contributed by atoms with Gasteiger partial charge in [0.15, 0.2) is 5.60 Å². The number of sulfonamides is 1. The first-order chi connectivity index (χ1) is 9.88. The fraction of sp³-hybridized carbons (Fsp3) is 0.308. The highest BCUT2D eigenvalue weighted by Gasteiger charge is 2.53. The number of H-pyrrole nitrogens is 1. The molecule has 21 heavy (non-hydrogen) atoms. The lowest BCUT2D eigenvalue weighted by atomic mass is 9.98. The number of esters is 1. The van der Waals surface area contributed by atoms with Crippen LogP contribution in [0.3, 0.4) is 0 Å². The first-order valence-electron chi connectivity index (χ1n) is 6.25. The summed E-state index contributed by atoms with van der Waals surface area (Å²) >= 11 is 0. The fourth-order valence-electron chi connectivity index (χ4n) is 2.42. The van der Waals surface area contributed by atoms with E-state index >= 15 is 0 Å². The second-order valence-electron chi connectivity index (χ2n) is 4.99. The van der Waals surface area contributed by atoms with Crippen LogP contribution in [0.25, 0.3) is 10.9 Å². The Balaban J connectivity index is 1.92. The molecule has 1 aliphatic rings. The maximum absolute atomic E-state index is 12.5. The number of fused-ring (bicyclic) bond motifs is 1. The molecular weight excluding hydrogens is 296 g/mol. The SMILES string of the molecule is COC(=O)C1(O)CN(S(=O)(=O)c2c[nH]c3ccccc23)C1. The molecule has 2 aromatic rings. The zero-order valence-electron chi connectivity index (χ0n) is 11.2. The summed E-state index contributed by atoms with van der Waals surface area (Å²) < 4.78 is 30.6. The average Bonchev–Trinajstić information content (AvgIpc) is 2.87.